The molecule has 3 atom stereocenters. The zero-order chi connectivity index (χ0) is 10.8. The maximum Gasteiger partial charge on any atom is 0.0323 e. The van der Waals surface area contributed by atoms with Gasteiger partial charge in [0.25, 0.3) is 0 Å². The van der Waals surface area contributed by atoms with Crippen LogP contribution in [0.2, 0.25) is 0 Å². The molecular weight excluding hydrogens is 184 g/mol. The minimum Gasteiger partial charge on any atom is -0.326 e. The van der Waals surface area contributed by atoms with Gasteiger partial charge in [0.15, 0.2) is 0 Å². The van der Waals surface area contributed by atoms with E-state index in [-0.39, 0.29) is 0 Å². The van der Waals surface area contributed by atoms with Gasteiger partial charge in [0.05, 0.1) is 0 Å². The lowest BCUT2D eigenvalue weighted by Crippen LogP contribution is -2.31. The van der Waals surface area contributed by atoms with Crippen molar-refractivity contribution in [3.8, 4) is 0 Å². The van der Waals surface area contributed by atoms with E-state index in [0.717, 1.165) is 13.0 Å². The van der Waals surface area contributed by atoms with Crippen LogP contribution in [0, 0.1) is 0 Å². The molecule has 82 valence electrons. The van der Waals surface area contributed by atoms with Crippen molar-refractivity contribution in [3.05, 3.63) is 35.9 Å². The summed E-state index contributed by atoms with van der Waals surface area (Å²) < 4.78 is 0. The van der Waals surface area contributed by atoms with Crippen molar-refractivity contribution in [1.29, 1.82) is 0 Å². The molecule has 1 fully saturated rings. The van der Waals surface area contributed by atoms with Gasteiger partial charge >= 0.3 is 0 Å². The van der Waals surface area contributed by atoms with Gasteiger partial charge in [0.2, 0.25) is 0 Å². The molecule has 15 heavy (non-hydrogen) atoms. The van der Waals surface area contributed by atoms with E-state index in [2.05, 4.69) is 49.1 Å². The number of nitrogens with two attached hydrogens (primary N) is 1. The van der Waals surface area contributed by atoms with Crippen molar-refractivity contribution in [2.45, 2.75) is 38.4 Å². The minimum atomic E-state index is 0.353. The summed E-state index contributed by atoms with van der Waals surface area (Å²) in [6, 6.07) is 12.1. The van der Waals surface area contributed by atoms with Crippen LogP contribution in [0.25, 0.3) is 0 Å². The third-order valence-electron chi connectivity index (χ3n) is 3.43. The molecule has 0 aliphatic carbocycles. The Kier molecular flexibility index (Phi) is 3.08. The highest BCUT2D eigenvalue weighted by atomic mass is 15.2. The minimum absolute atomic E-state index is 0.353. The van der Waals surface area contributed by atoms with E-state index in [0.29, 0.717) is 18.1 Å². The number of likely N-dealkylation sites (tertiary alicyclic amines) is 1. The van der Waals surface area contributed by atoms with Gasteiger partial charge in [-0.05, 0) is 25.8 Å². The molecule has 0 bridgehead atoms. The molecular formula is C13H20N2. The Bertz CT molecular complexity index is 310. The van der Waals surface area contributed by atoms with Crippen LogP contribution < -0.4 is 5.73 Å². The Balaban J connectivity index is 2.11. The molecule has 2 nitrogen and oxygen atoms in total. The van der Waals surface area contributed by atoms with Crippen LogP contribution in [-0.2, 0) is 0 Å². The predicted molar refractivity (Wildman–Crippen MR) is 63.6 cm³/mol. The van der Waals surface area contributed by atoms with Gasteiger partial charge in [-0.25, -0.2) is 0 Å². The van der Waals surface area contributed by atoms with Crippen LogP contribution in [0.5, 0.6) is 0 Å². The number of nitrogens with zero attached hydrogens (tertiary/aromatic N) is 1. The van der Waals surface area contributed by atoms with E-state index >= 15 is 0 Å². The van der Waals surface area contributed by atoms with Gasteiger partial charge in [0, 0.05) is 24.7 Å². The number of rotatable bonds is 2. The maximum absolute atomic E-state index is 5.99. The average Bonchev–Trinajstić information content (AvgIpc) is 2.58. The summed E-state index contributed by atoms with van der Waals surface area (Å²) in [5.41, 5.74) is 7.38. The molecule has 0 saturated carbocycles. The topological polar surface area (TPSA) is 29.3 Å². The van der Waals surface area contributed by atoms with Gasteiger partial charge < -0.3 is 5.73 Å². The van der Waals surface area contributed by atoms with Crippen molar-refractivity contribution in [2.24, 2.45) is 5.73 Å². The molecule has 0 amide bonds. The second-order valence-electron chi connectivity index (χ2n) is 4.63. The van der Waals surface area contributed by atoms with Crippen molar-refractivity contribution in [2.75, 3.05) is 6.54 Å². The lowest BCUT2D eigenvalue weighted by Gasteiger charge is -2.28. The quantitative estimate of drug-likeness (QED) is 0.800. The summed E-state index contributed by atoms with van der Waals surface area (Å²) in [6.45, 7) is 5.56. The number of hydrogen-bond donors (Lipinski definition) is 1. The molecule has 1 unspecified atom stereocenters. The lowest BCUT2D eigenvalue weighted by atomic mass is 10.1. The molecule has 2 N–H and O–H groups in total. The first-order valence-corrected chi connectivity index (χ1v) is 5.74. The Labute approximate surface area is 92.1 Å². The fourth-order valence-electron chi connectivity index (χ4n) is 2.56. The first-order valence-electron chi connectivity index (χ1n) is 5.74. The molecule has 2 rings (SSSR count). The second-order valence-corrected chi connectivity index (χ2v) is 4.63. The van der Waals surface area contributed by atoms with E-state index in [9.17, 15) is 0 Å². The smallest absolute Gasteiger partial charge is 0.0323 e. The zero-order valence-corrected chi connectivity index (χ0v) is 9.56. The van der Waals surface area contributed by atoms with E-state index in [1.165, 1.54) is 5.56 Å². The molecule has 1 aliphatic rings. The average molecular weight is 204 g/mol. The van der Waals surface area contributed by atoms with Gasteiger partial charge in [-0.15, -0.1) is 0 Å². The molecule has 0 aromatic heterocycles. The molecule has 0 spiro atoms. The van der Waals surface area contributed by atoms with E-state index in [4.69, 9.17) is 5.73 Å². The van der Waals surface area contributed by atoms with Crippen LogP contribution in [0.1, 0.15) is 31.9 Å². The third kappa shape index (κ3) is 2.21. The van der Waals surface area contributed by atoms with Crippen LogP contribution in [-0.4, -0.2) is 23.5 Å². The zero-order valence-electron chi connectivity index (χ0n) is 9.56. The van der Waals surface area contributed by atoms with Crippen molar-refractivity contribution >= 4 is 0 Å². The Morgan fingerprint density at radius 2 is 2.00 bits per heavy atom. The molecule has 1 aliphatic heterocycles. The van der Waals surface area contributed by atoms with Crippen LogP contribution in [0.3, 0.4) is 0 Å². The van der Waals surface area contributed by atoms with Crippen LogP contribution >= 0.6 is 0 Å². The number of hydrogen-bond acceptors (Lipinski definition) is 2. The predicted octanol–water partition coefficient (Wildman–Crippen LogP) is 2.17. The van der Waals surface area contributed by atoms with Crippen molar-refractivity contribution in [3.63, 3.8) is 0 Å². The molecule has 1 aromatic rings. The fraction of sp³-hybridized carbons (Fsp3) is 0.538. The molecule has 1 heterocycles. The summed E-state index contributed by atoms with van der Waals surface area (Å²) in [4.78, 5) is 2.50. The summed E-state index contributed by atoms with van der Waals surface area (Å²) in [7, 11) is 0. The molecule has 0 radical (unpaired) electrons. The van der Waals surface area contributed by atoms with Crippen LogP contribution in [0.15, 0.2) is 30.3 Å². The second kappa shape index (κ2) is 4.33. The highest BCUT2D eigenvalue weighted by molar-refractivity contribution is 5.19. The first-order chi connectivity index (χ1) is 7.18. The molecule has 2 heteroatoms. The Hall–Kier alpha value is -0.860. The van der Waals surface area contributed by atoms with Crippen molar-refractivity contribution < 1.29 is 0 Å². The molecule has 1 aromatic carbocycles. The van der Waals surface area contributed by atoms with E-state index < -0.39 is 0 Å². The normalized spacial score (nSPS) is 29.3. The Morgan fingerprint density at radius 1 is 1.33 bits per heavy atom. The highest BCUT2D eigenvalue weighted by Crippen LogP contribution is 2.28. The summed E-state index contributed by atoms with van der Waals surface area (Å²) in [5.74, 6) is 0. The fourth-order valence-corrected chi connectivity index (χ4v) is 2.56. The lowest BCUT2D eigenvalue weighted by molar-refractivity contribution is 0.203. The SMILES string of the molecule is C[C@H]1CC(N)CN1[C@@H](C)c1ccccc1. The summed E-state index contributed by atoms with van der Waals surface area (Å²) in [6.07, 6.45) is 1.12. The monoisotopic (exact) mass is 204 g/mol. The standard InChI is InChI=1S/C13H20N2/c1-10-8-13(14)9-15(10)11(2)12-6-4-3-5-7-12/h3-7,10-11,13H,8-9,14H2,1-2H3/t10-,11-,13?/m0/s1. The molecule has 1 saturated heterocycles. The van der Waals surface area contributed by atoms with Crippen molar-refractivity contribution in [1.82, 2.24) is 4.90 Å². The van der Waals surface area contributed by atoms with Gasteiger partial charge in [-0.3, -0.25) is 4.90 Å². The Morgan fingerprint density at radius 3 is 2.53 bits per heavy atom. The van der Waals surface area contributed by atoms with Crippen LogP contribution in [0.4, 0.5) is 0 Å². The first kappa shape index (κ1) is 10.7. The summed E-state index contributed by atoms with van der Waals surface area (Å²) >= 11 is 0. The van der Waals surface area contributed by atoms with Gasteiger partial charge in [-0.1, -0.05) is 30.3 Å². The third-order valence-corrected chi connectivity index (χ3v) is 3.43. The van der Waals surface area contributed by atoms with E-state index in [1.807, 2.05) is 0 Å². The maximum atomic E-state index is 5.99. The largest absolute Gasteiger partial charge is 0.326 e. The van der Waals surface area contributed by atoms with Gasteiger partial charge in [-0.2, -0.15) is 0 Å². The highest BCUT2D eigenvalue weighted by Gasteiger charge is 2.30. The van der Waals surface area contributed by atoms with Gasteiger partial charge in [0.1, 0.15) is 0 Å². The summed E-state index contributed by atoms with van der Waals surface area (Å²) in [5, 5.41) is 0. The number of benzene rings is 1. The van der Waals surface area contributed by atoms with E-state index in [1.54, 1.807) is 0 Å².